The number of hydrogen-bond donors (Lipinski definition) is 1. The van der Waals surface area contributed by atoms with Crippen LogP contribution in [0.1, 0.15) is 41.0 Å². The van der Waals surface area contributed by atoms with E-state index in [-0.39, 0.29) is 11.3 Å². The summed E-state index contributed by atoms with van der Waals surface area (Å²) in [6.45, 7) is 9.90. The molecule has 1 N–H and O–H groups in total. The van der Waals surface area contributed by atoms with Crippen LogP contribution in [0, 0.1) is 0 Å². The Bertz CT molecular complexity index is 187. The van der Waals surface area contributed by atoms with Crippen LogP contribution in [0.5, 0.6) is 0 Å². The van der Waals surface area contributed by atoms with Crippen LogP contribution < -0.4 is 5.32 Å². The van der Waals surface area contributed by atoms with E-state index >= 15 is 0 Å². The van der Waals surface area contributed by atoms with Gasteiger partial charge >= 0.3 is 0 Å². The van der Waals surface area contributed by atoms with E-state index in [0.717, 1.165) is 5.57 Å². The van der Waals surface area contributed by atoms with E-state index in [2.05, 4.69) is 26.1 Å². The Balaban J connectivity index is 4.10. The number of hydrogen-bond acceptors (Lipinski definition) is 2. The van der Waals surface area contributed by atoms with Gasteiger partial charge in [-0.05, 0) is 27.7 Å². The van der Waals surface area contributed by atoms with E-state index in [1.807, 2.05) is 13.8 Å². The summed E-state index contributed by atoms with van der Waals surface area (Å²) >= 11 is 0. The number of Topliss-reactive ketones (excluding diaryl/α,β-unsaturated/α-hetero) is 1. The van der Waals surface area contributed by atoms with Gasteiger partial charge in [-0.15, -0.1) is 0 Å². The predicted octanol–water partition coefficient (Wildman–Crippen LogP) is 2.26. The fourth-order valence-electron chi connectivity index (χ4n) is 0.684. The summed E-state index contributed by atoms with van der Waals surface area (Å²) in [4.78, 5) is 11.1. The maximum atomic E-state index is 11.1. The first-order valence-electron chi connectivity index (χ1n) is 4.34. The average molecular weight is 169 g/mol. The summed E-state index contributed by atoms with van der Waals surface area (Å²) in [6.07, 6.45) is 2.37. The summed E-state index contributed by atoms with van der Waals surface area (Å²) in [5.74, 6) is 0.201. The maximum absolute atomic E-state index is 11.1. The molecule has 0 saturated carbocycles. The van der Waals surface area contributed by atoms with Crippen molar-refractivity contribution in [1.82, 2.24) is 5.32 Å². The quantitative estimate of drug-likeness (QED) is 0.656. The minimum absolute atomic E-state index is 0.0370. The normalized spacial score (nSPS) is 12.9. The molecule has 0 aliphatic carbocycles. The lowest BCUT2D eigenvalue weighted by Crippen LogP contribution is -2.31. The van der Waals surface area contributed by atoms with Gasteiger partial charge in [-0.3, -0.25) is 4.79 Å². The SMILES string of the molecule is CCC(=O)/C(C)=C\NC(C)(C)C. The van der Waals surface area contributed by atoms with Crippen molar-refractivity contribution in [2.45, 2.75) is 46.6 Å². The molecule has 0 aromatic carbocycles. The van der Waals surface area contributed by atoms with Crippen molar-refractivity contribution in [2.24, 2.45) is 0 Å². The second kappa shape index (κ2) is 4.29. The number of rotatable bonds is 3. The summed E-state index contributed by atoms with van der Waals surface area (Å²) in [7, 11) is 0. The molecule has 0 aromatic heterocycles. The van der Waals surface area contributed by atoms with Gasteiger partial charge in [0.15, 0.2) is 5.78 Å². The van der Waals surface area contributed by atoms with Crippen LogP contribution in [0.4, 0.5) is 0 Å². The van der Waals surface area contributed by atoms with Gasteiger partial charge in [-0.2, -0.15) is 0 Å². The zero-order chi connectivity index (χ0) is 9.78. The van der Waals surface area contributed by atoms with E-state index < -0.39 is 0 Å². The van der Waals surface area contributed by atoms with E-state index in [4.69, 9.17) is 0 Å². The maximum Gasteiger partial charge on any atom is 0.159 e. The Hall–Kier alpha value is -0.790. The third-order valence-corrected chi connectivity index (χ3v) is 1.48. The highest BCUT2D eigenvalue weighted by molar-refractivity contribution is 5.94. The number of allylic oxidation sites excluding steroid dienone is 1. The largest absolute Gasteiger partial charge is 0.386 e. The Morgan fingerprint density at radius 3 is 2.25 bits per heavy atom. The molecule has 0 spiro atoms. The van der Waals surface area contributed by atoms with Crippen molar-refractivity contribution in [3.05, 3.63) is 11.8 Å². The third kappa shape index (κ3) is 4.94. The van der Waals surface area contributed by atoms with Crippen LogP contribution >= 0.6 is 0 Å². The molecule has 0 heterocycles. The summed E-state index contributed by atoms with van der Waals surface area (Å²) < 4.78 is 0. The van der Waals surface area contributed by atoms with Gasteiger partial charge < -0.3 is 5.32 Å². The van der Waals surface area contributed by atoms with Gasteiger partial charge in [0.05, 0.1) is 0 Å². The predicted molar refractivity (Wildman–Crippen MR) is 51.9 cm³/mol. The van der Waals surface area contributed by atoms with Gasteiger partial charge in [0, 0.05) is 23.7 Å². The molecule has 0 radical (unpaired) electrons. The first-order valence-corrected chi connectivity index (χ1v) is 4.34. The molecule has 0 saturated heterocycles. The monoisotopic (exact) mass is 169 g/mol. The van der Waals surface area contributed by atoms with Crippen molar-refractivity contribution in [3.63, 3.8) is 0 Å². The minimum Gasteiger partial charge on any atom is -0.386 e. The van der Waals surface area contributed by atoms with Crippen LogP contribution in [0.15, 0.2) is 11.8 Å². The van der Waals surface area contributed by atoms with Crippen LogP contribution in [0.3, 0.4) is 0 Å². The molecule has 0 fully saturated rings. The number of nitrogens with one attached hydrogen (secondary N) is 1. The van der Waals surface area contributed by atoms with Gasteiger partial charge in [0.2, 0.25) is 0 Å². The van der Waals surface area contributed by atoms with Gasteiger partial charge in [-0.1, -0.05) is 6.92 Å². The van der Waals surface area contributed by atoms with Crippen molar-refractivity contribution < 1.29 is 4.79 Å². The first-order chi connectivity index (χ1) is 5.37. The Morgan fingerprint density at radius 2 is 1.92 bits per heavy atom. The van der Waals surface area contributed by atoms with Crippen molar-refractivity contribution in [2.75, 3.05) is 0 Å². The second-order valence-electron chi connectivity index (χ2n) is 4.00. The molecule has 0 amide bonds. The van der Waals surface area contributed by atoms with Crippen LogP contribution in [-0.4, -0.2) is 11.3 Å². The second-order valence-corrected chi connectivity index (χ2v) is 4.00. The molecular weight excluding hydrogens is 150 g/mol. The fraction of sp³-hybridized carbons (Fsp3) is 0.700. The molecule has 2 nitrogen and oxygen atoms in total. The molecule has 2 heteroatoms. The lowest BCUT2D eigenvalue weighted by molar-refractivity contribution is -0.115. The van der Waals surface area contributed by atoms with E-state index in [1.165, 1.54) is 0 Å². The molecule has 0 unspecified atom stereocenters. The molecule has 0 atom stereocenters. The van der Waals surface area contributed by atoms with E-state index in [0.29, 0.717) is 6.42 Å². The lowest BCUT2D eigenvalue weighted by atomic mass is 10.1. The van der Waals surface area contributed by atoms with Gasteiger partial charge in [0.25, 0.3) is 0 Å². The summed E-state index contributed by atoms with van der Waals surface area (Å²) in [6, 6.07) is 0. The summed E-state index contributed by atoms with van der Waals surface area (Å²) in [5.41, 5.74) is 0.836. The molecular formula is C10H19NO. The van der Waals surface area contributed by atoms with E-state index in [9.17, 15) is 4.79 Å². The first kappa shape index (κ1) is 11.2. The highest BCUT2D eigenvalue weighted by Gasteiger charge is 2.07. The Morgan fingerprint density at radius 1 is 1.42 bits per heavy atom. The van der Waals surface area contributed by atoms with Crippen LogP contribution in [0.2, 0.25) is 0 Å². The molecule has 0 aliphatic rings. The highest BCUT2D eigenvalue weighted by Crippen LogP contribution is 2.02. The molecule has 12 heavy (non-hydrogen) atoms. The smallest absolute Gasteiger partial charge is 0.159 e. The molecule has 70 valence electrons. The third-order valence-electron chi connectivity index (χ3n) is 1.48. The number of carbonyl (C=O) groups excluding carboxylic acids is 1. The Labute approximate surface area is 75.0 Å². The van der Waals surface area contributed by atoms with E-state index in [1.54, 1.807) is 6.20 Å². The van der Waals surface area contributed by atoms with Crippen molar-refractivity contribution in [1.29, 1.82) is 0 Å². The Kier molecular flexibility index (Phi) is 4.01. The lowest BCUT2D eigenvalue weighted by Gasteiger charge is -2.19. The van der Waals surface area contributed by atoms with Crippen molar-refractivity contribution >= 4 is 5.78 Å². The topological polar surface area (TPSA) is 29.1 Å². The van der Waals surface area contributed by atoms with Crippen LogP contribution in [0.25, 0.3) is 0 Å². The molecule has 0 bridgehead atoms. The fourth-order valence-corrected chi connectivity index (χ4v) is 0.684. The molecule has 0 aliphatic heterocycles. The number of carbonyl (C=O) groups is 1. The zero-order valence-electron chi connectivity index (χ0n) is 8.69. The standard InChI is InChI=1S/C10H19NO/c1-6-9(12)8(2)7-11-10(3,4)5/h7,11H,6H2,1-5H3/b8-7-. The molecule has 0 rings (SSSR count). The minimum atomic E-state index is 0.0370. The zero-order valence-corrected chi connectivity index (χ0v) is 8.69. The number of ketones is 1. The van der Waals surface area contributed by atoms with Crippen molar-refractivity contribution in [3.8, 4) is 0 Å². The van der Waals surface area contributed by atoms with Gasteiger partial charge in [-0.25, -0.2) is 0 Å². The van der Waals surface area contributed by atoms with Crippen LogP contribution in [-0.2, 0) is 4.79 Å². The highest BCUT2D eigenvalue weighted by atomic mass is 16.1. The van der Waals surface area contributed by atoms with Gasteiger partial charge in [0.1, 0.15) is 0 Å². The average Bonchev–Trinajstić information content (AvgIpc) is 1.97. The molecule has 0 aromatic rings. The summed E-state index contributed by atoms with van der Waals surface area (Å²) in [5, 5.41) is 3.15.